The third-order valence-corrected chi connectivity index (χ3v) is 5.43. The van der Waals surface area contributed by atoms with Crippen molar-refractivity contribution in [2.45, 2.75) is 18.9 Å². The summed E-state index contributed by atoms with van der Waals surface area (Å²) >= 11 is 6.31. The molecule has 7 nitrogen and oxygen atoms in total. The van der Waals surface area contributed by atoms with Crippen LogP contribution in [0.1, 0.15) is 12.0 Å². The maximum atomic E-state index is 14.0. The van der Waals surface area contributed by atoms with Gasteiger partial charge in [0.15, 0.2) is 29.1 Å². The summed E-state index contributed by atoms with van der Waals surface area (Å²) in [5.74, 6) is 2.14. The number of aliphatic imine (C=N–C) groups is 1. The number of nitrogens with zero attached hydrogens (tertiary/aromatic N) is 3. The zero-order valence-electron chi connectivity index (χ0n) is 16.8. The number of guanidine groups is 1. The first-order chi connectivity index (χ1) is 14.6. The van der Waals surface area contributed by atoms with Crippen LogP contribution in [0.15, 0.2) is 35.5 Å². The predicted octanol–water partition coefficient (Wildman–Crippen LogP) is 2.63. The van der Waals surface area contributed by atoms with E-state index in [4.69, 9.17) is 21.1 Å². The molecule has 9 heteroatoms. The van der Waals surface area contributed by atoms with Crippen LogP contribution in [0.5, 0.6) is 11.5 Å². The molecule has 1 aromatic carbocycles. The molecule has 0 aliphatic carbocycles. The summed E-state index contributed by atoms with van der Waals surface area (Å²) < 4.78 is 25.2. The number of fused-ring (bicyclic) bond motifs is 1. The average molecular weight is 434 g/mol. The summed E-state index contributed by atoms with van der Waals surface area (Å²) in [6.07, 6.45) is 3.26. The predicted molar refractivity (Wildman–Crippen MR) is 115 cm³/mol. The number of pyridine rings is 1. The Hall–Kier alpha value is -2.74. The zero-order chi connectivity index (χ0) is 20.9. The molecule has 1 aromatic heterocycles. The van der Waals surface area contributed by atoms with Gasteiger partial charge in [-0.3, -0.25) is 4.99 Å². The Morgan fingerprint density at radius 2 is 2.23 bits per heavy atom. The minimum atomic E-state index is -0.293. The van der Waals surface area contributed by atoms with Crippen molar-refractivity contribution in [1.29, 1.82) is 0 Å². The minimum Gasteiger partial charge on any atom is -0.486 e. The molecule has 2 aliphatic heterocycles. The average Bonchev–Trinajstić information content (AvgIpc) is 3.21. The van der Waals surface area contributed by atoms with E-state index in [1.807, 2.05) is 17.0 Å². The summed E-state index contributed by atoms with van der Waals surface area (Å²) in [5.41, 5.74) is 1.06. The highest BCUT2D eigenvalue weighted by molar-refractivity contribution is 6.32. The molecule has 1 unspecified atom stereocenters. The molecular weight excluding hydrogens is 409 g/mol. The van der Waals surface area contributed by atoms with Gasteiger partial charge in [-0.1, -0.05) is 11.6 Å². The molecule has 0 spiro atoms. The van der Waals surface area contributed by atoms with Gasteiger partial charge in [-0.2, -0.15) is 0 Å². The monoisotopic (exact) mass is 433 g/mol. The highest BCUT2D eigenvalue weighted by Gasteiger charge is 2.26. The lowest BCUT2D eigenvalue weighted by Gasteiger charge is -2.21. The minimum absolute atomic E-state index is 0.168. The third-order valence-electron chi connectivity index (χ3n) is 5.15. The second-order valence-electron chi connectivity index (χ2n) is 7.24. The van der Waals surface area contributed by atoms with E-state index in [9.17, 15) is 4.39 Å². The SMILES string of the molecule is CN=C(NCCc1cc(Cl)c2c(c1)OCCO2)NC1CCN(c2ncccc2F)C1. The summed E-state index contributed by atoms with van der Waals surface area (Å²) in [5, 5.41) is 7.30. The molecular formula is C21H25ClFN5O2. The Labute approximate surface area is 180 Å². The largest absolute Gasteiger partial charge is 0.486 e. The summed E-state index contributed by atoms with van der Waals surface area (Å²) in [6.45, 7) is 3.15. The number of anilines is 1. The molecule has 0 bridgehead atoms. The highest BCUT2D eigenvalue weighted by Crippen LogP contribution is 2.38. The van der Waals surface area contributed by atoms with Crippen molar-refractivity contribution in [3.8, 4) is 11.5 Å². The Morgan fingerprint density at radius 1 is 1.37 bits per heavy atom. The van der Waals surface area contributed by atoms with Crippen molar-refractivity contribution in [3.63, 3.8) is 0 Å². The lowest BCUT2D eigenvalue weighted by Crippen LogP contribution is -2.45. The smallest absolute Gasteiger partial charge is 0.191 e. The van der Waals surface area contributed by atoms with Crippen LogP contribution in [-0.2, 0) is 6.42 Å². The number of aromatic nitrogens is 1. The van der Waals surface area contributed by atoms with E-state index >= 15 is 0 Å². The van der Waals surface area contributed by atoms with E-state index in [2.05, 4.69) is 20.6 Å². The van der Waals surface area contributed by atoms with Crippen LogP contribution < -0.4 is 25.0 Å². The van der Waals surface area contributed by atoms with Crippen molar-refractivity contribution in [1.82, 2.24) is 15.6 Å². The van der Waals surface area contributed by atoms with Crippen LogP contribution in [0, 0.1) is 5.82 Å². The second kappa shape index (κ2) is 9.38. The molecule has 1 atom stereocenters. The van der Waals surface area contributed by atoms with E-state index in [1.165, 1.54) is 6.07 Å². The van der Waals surface area contributed by atoms with Crippen molar-refractivity contribution in [2.75, 3.05) is 44.8 Å². The Kier molecular flexibility index (Phi) is 6.42. The van der Waals surface area contributed by atoms with Crippen molar-refractivity contribution in [3.05, 3.63) is 46.9 Å². The first kappa shape index (κ1) is 20.5. The number of rotatable bonds is 5. The van der Waals surface area contributed by atoms with Crippen molar-refractivity contribution >= 4 is 23.4 Å². The molecule has 1 fully saturated rings. The van der Waals surface area contributed by atoms with Gasteiger partial charge in [-0.05, 0) is 42.7 Å². The quantitative estimate of drug-likeness (QED) is 0.558. The van der Waals surface area contributed by atoms with Gasteiger partial charge >= 0.3 is 0 Å². The third kappa shape index (κ3) is 4.70. The van der Waals surface area contributed by atoms with Gasteiger partial charge in [-0.25, -0.2) is 9.37 Å². The van der Waals surface area contributed by atoms with Crippen LogP contribution in [0.4, 0.5) is 10.2 Å². The van der Waals surface area contributed by atoms with Crippen LogP contribution in [-0.4, -0.2) is 56.9 Å². The first-order valence-electron chi connectivity index (χ1n) is 10.0. The van der Waals surface area contributed by atoms with Gasteiger partial charge < -0.3 is 25.0 Å². The van der Waals surface area contributed by atoms with Crippen LogP contribution in [0.25, 0.3) is 0 Å². The topological polar surface area (TPSA) is 71.0 Å². The van der Waals surface area contributed by atoms with E-state index in [1.54, 1.807) is 19.3 Å². The fourth-order valence-corrected chi connectivity index (χ4v) is 3.99. The zero-order valence-corrected chi connectivity index (χ0v) is 17.6. The number of ether oxygens (including phenoxy) is 2. The molecule has 30 heavy (non-hydrogen) atoms. The normalized spacial score (nSPS) is 18.4. The Bertz CT molecular complexity index is 926. The molecule has 2 aliphatic rings. The molecule has 160 valence electrons. The van der Waals surface area contributed by atoms with Gasteiger partial charge in [0, 0.05) is 38.9 Å². The molecule has 4 rings (SSSR count). The number of nitrogens with one attached hydrogen (secondary N) is 2. The number of hydrogen-bond acceptors (Lipinski definition) is 5. The first-order valence-corrected chi connectivity index (χ1v) is 10.4. The van der Waals surface area contributed by atoms with Gasteiger partial charge in [0.05, 0.1) is 5.02 Å². The van der Waals surface area contributed by atoms with Gasteiger partial charge in [0.2, 0.25) is 0 Å². The number of hydrogen-bond donors (Lipinski definition) is 2. The van der Waals surface area contributed by atoms with E-state index < -0.39 is 0 Å². The lowest BCUT2D eigenvalue weighted by molar-refractivity contribution is 0.171. The molecule has 1 saturated heterocycles. The molecule has 0 radical (unpaired) electrons. The van der Waals surface area contributed by atoms with E-state index in [0.29, 0.717) is 54.6 Å². The van der Waals surface area contributed by atoms with Crippen molar-refractivity contribution in [2.24, 2.45) is 4.99 Å². The maximum Gasteiger partial charge on any atom is 0.191 e. The second-order valence-corrected chi connectivity index (χ2v) is 7.64. The summed E-state index contributed by atoms with van der Waals surface area (Å²) in [4.78, 5) is 10.4. The number of halogens is 2. The molecule has 0 saturated carbocycles. The molecule has 2 aromatic rings. The summed E-state index contributed by atoms with van der Waals surface area (Å²) in [6, 6.07) is 7.08. The number of benzene rings is 1. The van der Waals surface area contributed by atoms with E-state index in [-0.39, 0.29) is 11.9 Å². The molecule has 0 amide bonds. The molecule has 3 heterocycles. The van der Waals surface area contributed by atoms with Crippen LogP contribution in [0.2, 0.25) is 5.02 Å². The van der Waals surface area contributed by atoms with Crippen LogP contribution in [0.3, 0.4) is 0 Å². The fraction of sp³-hybridized carbons (Fsp3) is 0.429. The maximum absolute atomic E-state index is 14.0. The molecule has 2 N–H and O–H groups in total. The summed E-state index contributed by atoms with van der Waals surface area (Å²) in [7, 11) is 1.74. The van der Waals surface area contributed by atoms with Gasteiger partial charge in [0.1, 0.15) is 13.2 Å². The Balaban J connectivity index is 1.28. The van der Waals surface area contributed by atoms with Gasteiger partial charge in [-0.15, -0.1) is 0 Å². The Morgan fingerprint density at radius 3 is 3.07 bits per heavy atom. The van der Waals surface area contributed by atoms with Gasteiger partial charge in [0.25, 0.3) is 0 Å². The highest BCUT2D eigenvalue weighted by atomic mass is 35.5. The lowest BCUT2D eigenvalue weighted by atomic mass is 10.1. The van der Waals surface area contributed by atoms with Crippen molar-refractivity contribution < 1.29 is 13.9 Å². The van der Waals surface area contributed by atoms with Crippen LogP contribution >= 0.6 is 11.6 Å². The van der Waals surface area contributed by atoms with E-state index in [0.717, 1.165) is 24.9 Å². The standard InChI is InChI=1S/C21H25ClFN5O2/c1-24-21(27-15-5-8-28(13-15)20-17(23)3-2-6-25-20)26-7-4-14-11-16(22)19-18(12-14)29-9-10-30-19/h2-3,6,11-12,15H,4-5,7-10,13H2,1H3,(H2,24,26,27). The fourth-order valence-electron chi connectivity index (χ4n) is 3.70.